The first kappa shape index (κ1) is 22.0. The summed E-state index contributed by atoms with van der Waals surface area (Å²) in [6.07, 6.45) is -1.24. The number of sulfonamides is 1. The first-order chi connectivity index (χ1) is 13.6. The van der Waals surface area contributed by atoms with Gasteiger partial charge in [0, 0.05) is 5.69 Å². The molecule has 29 heavy (non-hydrogen) atoms. The third-order valence-electron chi connectivity index (χ3n) is 3.73. The van der Waals surface area contributed by atoms with Crippen molar-refractivity contribution < 1.29 is 27.1 Å². The Hall–Kier alpha value is -3.29. The van der Waals surface area contributed by atoms with Crippen LogP contribution in [-0.2, 0) is 24.3 Å². The fraction of sp³-hybridized carbons (Fsp3) is 0.211. The summed E-state index contributed by atoms with van der Waals surface area (Å²) in [5.74, 6) is -2.65. The standard InChI is InChI=1S/C19H18FN3O5S/c1-12(23-29(26,27)17-9-4-3-8-16(17)20)19(25)28-13(2)18(24)22-15-7-5-6-14(10-15)11-21/h3-10,12-13,23H,1-2H3,(H,22,24). The number of amides is 1. The minimum absolute atomic E-state index is 0.337. The molecule has 2 unspecified atom stereocenters. The number of hydrogen-bond acceptors (Lipinski definition) is 6. The number of anilines is 1. The van der Waals surface area contributed by atoms with Crippen LogP contribution < -0.4 is 10.0 Å². The molecule has 0 spiro atoms. The van der Waals surface area contributed by atoms with E-state index in [1.807, 2.05) is 10.8 Å². The molecule has 8 nitrogen and oxygen atoms in total. The minimum Gasteiger partial charge on any atom is -0.451 e. The van der Waals surface area contributed by atoms with Crippen molar-refractivity contribution in [1.82, 2.24) is 4.72 Å². The maximum atomic E-state index is 13.7. The van der Waals surface area contributed by atoms with Gasteiger partial charge >= 0.3 is 5.97 Å². The highest BCUT2D eigenvalue weighted by molar-refractivity contribution is 7.89. The second-order valence-corrected chi connectivity index (χ2v) is 7.72. The van der Waals surface area contributed by atoms with E-state index in [1.165, 1.54) is 32.0 Å². The molecule has 0 fully saturated rings. The van der Waals surface area contributed by atoms with Crippen LogP contribution in [0.3, 0.4) is 0 Å². The lowest BCUT2D eigenvalue weighted by molar-refractivity contribution is -0.154. The highest BCUT2D eigenvalue weighted by Crippen LogP contribution is 2.14. The number of halogens is 1. The maximum absolute atomic E-state index is 13.7. The van der Waals surface area contributed by atoms with Gasteiger partial charge in [-0.2, -0.15) is 9.98 Å². The van der Waals surface area contributed by atoms with Crippen LogP contribution >= 0.6 is 0 Å². The van der Waals surface area contributed by atoms with Crippen molar-refractivity contribution in [2.75, 3.05) is 5.32 Å². The Morgan fingerprint density at radius 2 is 1.83 bits per heavy atom. The number of carbonyl (C=O) groups is 2. The SMILES string of the molecule is CC(NS(=O)(=O)c1ccccc1F)C(=O)OC(C)C(=O)Nc1cccc(C#N)c1. The van der Waals surface area contributed by atoms with Gasteiger partial charge in [-0.25, -0.2) is 12.8 Å². The van der Waals surface area contributed by atoms with Gasteiger partial charge in [-0.15, -0.1) is 0 Å². The van der Waals surface area contributed by atoms with Crippen molar-refractivity contribution in [3.63, 3.8) is 0 Å². The van der Waals surface area contributed by atoms with Gasteiger partial charge in [0.2, 0.25) is 10.0 Å². The Labute approximate surface area is 167 Å². The average molecular weight is 419 g/mol. The predicted molar refractivity (Wildman–Crippen MR) is 102 cm³/mol. The van der Waals surface area contributed by atoms with Gasteiger partial charge in [0.25, 0.3) is 5.91 Å². The fourth-order valence-corrected chi connectivity index (χ4v) is 3.52. The van der Waals surface area contributed by atoms with Crippen LogP contribution in [0.25, 0.3) is 0 Å². The van der Waals surface area contributed by atoms with Gasteiger partial charge in [-0.3, -0.25) is 9.59 Å². The Balaban J connectivity index is 1.98. The molecule has 0 heterocycles. The van der Waals surface area contributed by atoms with E-state index < -0.39 is 44.8 Å². The van der Waals surface area contributed by atoms with Gasteiger partial charge in [0.15, 0.2) is 6.10 Å². The molecule has 0 bridgehead atoms. The number of benzene rings is 2. The monoisotopic (exact) mass is 419 g/mol. The first-order valence-corrected chi connectivity index (χ1v) is 9.90. The third kappa shape index (κ3) is 5.84. The minimum atomic E-state index is -4.30. The van der Waals surface area contributed by atoms with Crippen molar-refractivity contribution in [1.29, 1.82) is 5.26 Å². The summed E-state index contributed by atoms with van der Waals surface area (Å²) in [5.41, 5.74) is 0.675. The molecule has 0 aliphatic carbocycles. The van der Waals surface area contributed by atoms with E-state index in [0.717, 1.165) is 12.1 Å². The summed E-state index contributed by atoms with van der Waals surface area (Å²) in [6, 6.07) is 11.4. The molecule has 152 valence electrons. The first-order valence-electron chi connectivity index (χ1n) is 8.42. The second-order valence-electron chi connectivity index (χ2n) is 6.03. The number of esters is 1. The van der Waals surface area contributed by atoms with Gasteiger partial charge in [-0.1, -0.05) is 18.2 Å². The van der Waals surface area contributed by atoms with Crippen molar-refractivity contribution in [2.24, 2.45) is 0 Å². The van der Waals surface area contributed by atoms with Gasteiger partial charge < -0.3 is 10.1 Å². The Kier molecular flexibility index (Phi) is 7.03. The van der Waals surface area contributed by atoms with Gasteiger partial charge in [0.1, 0.15) is 16.8 Å². The van der Waals surface area contributed by atoms with E-state index >= 15 is 0 Å². The Morgan fingerprint density at radius 3 is 2.48 bits per heavy atom. The molecular weight excluding hydrogens is 401 g/mol. The lowest BCUT2D eigenvalue weighted by Gasteiger charge is -2.18. The lowest BCUT2D eigenvalue weighted by atomic mass is 10.2. The number of nitriles is 1. The summed E-state index contributed by atoms with van der Waals surface area (Å²) < 4.78 is 45.1. The summed E-state index contributed by atoms with van der Waals surface area (Å²) in [6.45, 7) is 2.52. The Morgan fingerprint density at radius 1 is 1.14 bits per heavy atom. The van der Waals surface area contributed by atoms with Crippen LogP contribution in [0, 0.1) is 17.1 Å². The largest absolute Gasteiger partial charge is 0.451 e. The van der Waals surface area contributed by atoms with Crippen molar-refractivity contribution in [3.8, 4) is 6.07 Å². The molecule has 0 saturated carbocycles. The highest BCUT2D eigenvalue weighted by Gasteiger charge is 2.27. The fourth-order valence-electron chi connectivity index (χ4n) is 2.25. The predicted octanol–water partition coefficient (Wildman–Crippen LogP) is 1.93. The third-order valence-corrected chi connectivity index (χ3v) is 5.31. The lowest BCUT2D eigenvalue weighted by Crippen LogP contribution is -2.42. The quantitative estimate of drug-likeness (QED) is 0.661. The molecule has 0 radical (unpaired) electrons. The Bertz CT molecular complexity index is 1070. The van der Waals surface area contributed by atoms with Crippen LogP contribution in [0.2, 0.25) is 0 Å². The zero-order chi connectivity index (χ0) is 21.6. The molecule has 10 heteroatoms. The van der Waals surface area contributed by atoms with Crippen molar-refractivity contribution >= 4 is 27.6 Å². The van der Waals surface area contributed by atoms with Crippen LogP contribution in [0.4, 0.5) is 10.1 Å². The highest BCUT2D eigenvalue weighted by atomic mass is 32.2. The summed E-state index contributed by atoms with van der Waals surface area (Å²) in [5, 5.41) is 11.4. The van der Waals surface area contributed by atoms with E-state index in [0.29, 0.717) is 11.3 Å². The second kappa shape index (κ2) is 9.27. The van der Waals surface area contributed by atoms with E-state index in [4.69, 9.17) is 10.00 Å². The molecule has 2 atom stereocenters. The molecular formula is C19H18FN3O5S. The van der Waals surface area contributed by atoms with Crippen molar-refractivity contribution in [2.45, 2.75) is 30.9 Å². The molecule has 0 aliphatic rings. The van der Waals surface area contributed by atoms with E-state index in [2.05, 4.69) is 5.32 Å². The smallest absolute Gasteiger partial charge is 0.324 e. The molecule has 1 amide bonds. The van der Waals surface area contributed by atoms with Crippen LogP contribution in [-0.4, -0.2) is 32.4 Å². The number of carbonyl (C=O) groups excluding carboxylic acids is 2. The maximum Gasteiger partial charge on any atom is 0.324 e. The van der Waals surface area contributed by atoms with Crippen LogP contribution in [0.15, 0.2) is 53.4 Å². The van der Waals surface area contributed by atoms with Crippen LogP contribution in [0.5, 0.6) is 0 Å². The topological polar surface area (TPSA) is 125 Å². The molecule has 2 aromatic rings. The number of rotatable bonds is 7. The molecule has 2 N–H and O–H groups in total. The number of ether oxygens (including phenoxy) is 1. The molecule has 2 rings (SSSR count). The van der Waals surface area contributed by atoms with Gasteiger partial charge in [-0.05, 0) is 44.2 Å². The number of nitrogens with zero attached hydrogens (tertiary/aromatic N) is 1. The summed E-state index contributed by atoms with van der Waals surface area (Å²) in [4.78, 5) is 23.7. The average Bonchev–Trinajstić information content (AvgIpc) is 2.67. The zero-order valence-corrected chi connectivity index (χ0v) is 16.4. The molecule has 0 aliphatic heterocycles. The van der Waals surface area contributed by atoms with Crippen LogP contribution in [0.1, 0.15) is 19.4 Å². The zero-order valence-electron chi connectivity index (χ0n) is 15.5. The van der Waals surface area contributed by atoms with Crippen molar-refractivity contribution in [3.05, 3.63) is 59.9 Å². The summed E-state index contributed by atoms with van der Waals surface area (Å²) >= 11 is 0. The number of nitrogens with one attached hydrogen (secondary N) is 2. The molecule has 0 aromatic heterocycles. The normalized spacial score (nSPS) is 13.0. The molecule has 2 aromatic carbocycles. The van der Waals surface area contributed by atoms with E-state index in [1.54, 1.807) is 18.2 Å². The number of hydrogen-bond donors (Lipinski definition) is 2. The summed E-state index contributed by atoms with van der Waals surface area (Å²) in [7, 11) is -4.30. The molecule has 0 saturated heterocycles. The van der Waals surface area contributed by atoms with E-state index in [-0.39, 0.29) is 0 Å². The van der Waals surface area contributed by atoms with E-state index in [9.17, 15) is 22.4 Å². The van der Waals surface area contributed by atoms with Gasteiger partial charge in [0.05, 0.1) is 11.6 Å².